The van der Waals surface area contributed by atoms with Gasteiger partial charge in [-0.2, -0.15) is 0 Å². The van der Waals surface area contributed by atoms with E-state index in [4.69, 9.17) is 16.4 Å². The van der Waals surface area contributed by atoms with E-state index in [1.807, 2.05) is 18.2 Å². The van der Waals surface area contributed by atoms with Gasteiger partial charge in [-0.05, 0) is 12.1 Å². The maximum absolute atomic E-state index is 11.5. The molecule has 3 rings (SSSR count). The molecule has 0 unspecified atom stereocenters. The summed E-state index contributed by atoms with van der Waals surface area (Å²) < 4.78 is 0. The van der Waals surface area contributed by atoms with E-state index >= 15 is 0 Å². The summed E-state index contributed by atoms with van der Waals surface area (Å²) in [6.45, 7) is 0. The molecule has 21 heavy (non-hydrogen) atoms. The molecule has 5 nitrogen and oxygen atoms in total. The summed E-state index contributed by atoms with van der Waals surface area (Å²) in [4.78, 5) is 16.4. The zero-order chi connectivity index (χ0) is 14.8. The van der Waals surface area contributed by atoms with Crippen LogP contribution in [0, 0.1) is 10.1 Å². The van der Waals surface area contributed by atoms with Gasteiger partial charge in [-0.15, -0.1) is 0 Å². The molecular formula is C15H11ClN2O3. The molecule has 0 aromatic heterocycles. The molecular weight excluding hydrogens is 292 g/mol. The summed E-state index contributed by atoms with van der Waals surface area (Å²) in [5, 5.41) is 16.0. The van der Waals surface area contributed by atoms with Crippen molar-refractivity contribution in [3.8, 4) is 0 Å². The third kappa shape index (κ3) is 2.60. The van der Waals surface area contributed by atoms with Crippen molar-refractivity contribution in [2.75, 3.05) is 0 Å². The summed E-state index contributed by atoms with van der Waals surface area (Å²) in [7, 11) is 0. The SMILES string of the molecule is O=[N+]([O-])[C@@H]1C(c2ccccc2)=NO[C@H]1c1ccc(Cl)cc1. The standard InChI is InChI=1S/C15H11ClN2O3/c16-12-8-6-11(7-9-12)15-14(18(19)20)13(17-21-15)10-4-2-1-3-5-10/h1-9,14-15H/t14-,15+/m1/s1. The predicted octanol–water partition coefficient (Wildman–Crippen LogP) is 3.46. The van der Waals surface area contributed by atoms with E-state index in [2.05, 4.69) is 5.16 Å². The molecule has 0 saturated carbocycles. The van der Waals surface area contributed by atoms with Crippen LogP contribution in [0.5, 0.6) is 0 Å². The highest BCUT2D eigenvalue weighted by atomic mass is 35.5. The van der Waals surface area contributed by atoms with E-state index in [0.29, 0.717) is 21.9 Å². The highest BCUT2D eigenvalue weighted by Gasteiger charge is 2.45. The lowest BCUT2D eigenvalue weighted by molar-refractivity contribution is -0.512. The van der Waals surface area contributed by atoms with Crippen LogP contribution in [0.4, 0.5) is 0 Å². The maximum Gasteiger partial charge on any atom is 0.301 e. The molecule has 1 aliphatic heterocycles. The number of hydrogen-bond acceptors (Lipinski definition) is 4. The number of halogens is 1. The van der Waals surface area contributed by atoms with E-state index < -0.39 is 12.1 Å². The Labute approximate surface area is 125 Å². The van der Waals surface area contributed by atoms with Crippen LogP contribution < -0.4 is 0 Å². The minimum Gasteiger partial charge on any atom is -0.379 e. The normalized spacial score (nSPS) is 20.7. The Balaban J connectivity index is 1.95. The Morgan fingerprint density at radius 3 is 2.38 bits per heavy atom. The largest absolute Gasteiger partial charge is 0.379 e. The van der Waals surface area contributed by atoms with Gasteiger partial charge in [-0.1, -0.05) is 59.2 Å². The van der Waals surface area contributed by atoms with Crippen molar-refractivity contribution in [2.45, 2.75) is 12.1 Å². The minimum atomic E-state index is -1.03. The summed E-state index contributed by atoms with van der Waals surface area (Å²) in [6.07, 6.45) is -0.743. The molecule has 2 atom stereocenters. The molecule has 0 N–H and O–H groups in total. The van der Waals surface area contributed by atoms with E-state index in [-0.39, 0.29) is 4.92 Å². The number of rotatable bonds is 3. The second kappa shape index (κ2) is 5.54. The van der Waals surface area contributed by atoms with Crippen LogP contribution in [0.15, 0.2) is 59.8 Å². The van der Waals surface area contributed by atoms with Crippen LogP contribution in [0.25, 0.3) is 0 Å². The second-order valence-electron chi connectivity index (χ2n) is 4.65. The predicted molar refractivity (Wildman–Crippen MR) is 79.0 cm³/mol. The Kier molecular flexibility index (Phi) is 3.58. The van der Waals surface area contributed by atoms with Crippen LogP contribution in [-0.4, -0.2) is 16.7 Å². The lowest BCUT2D eigenvalue weighted by atomic mass is 9.95. The maximum atomic E-state index is 11.5. The van der Waals surface area contributed by atoms with Crippen LogP contribution in [0.3, 0.4) is 0 Å². The van der Waals surface area contributed by atoms with Gasteiger partial charge in [0.15, 0.2) is 5.71 Å². The van der Waals surface area contributed by atoms with Crippen molar-refractivity contribution >= 4 is 17.3 Å². The first-order valence-electron chi connectivity index (χ1n) is 6.35. The minimum absolute atomic E-state index is 0.334. The van der Waals surface area contributed by atoms with Crippen molar-refractivity contribution in [3.63, 3.8) is 0 Å². The van der Waals surface area contributed by atoms with Crippen LogP contribution in [0.1, 0.15) is 17.2 Å². The molecule has 0 radical (unpaired) electrons. The molecule has 2 aromatic rings. The van der Waals surface area contributed by atoms with E-state index in [9.17, 15) is 10.1 Å². The van der Waals surface area contributed by atoms with E-state index in [1.165, 1.54) is 0 Å². The number of nitro groups is 1. The summed E-state index contributed by atoms with van der Waals surface area (Å²) in [5.74, 6) is 0. The number of nitrogens with zero attached hydrogens (tertiary/aromatic N) is 2. The number of oxime groups is 1. The third-order valence-electron chi connectivity index (χ3n) is 3.33. The smallest absolute Gasteiger partial charge is 0.301 e. The molecule has 0 fully saturated rings. The summed E-state index contributed by atoms with van der Waals surface area (Å²) >= 11 is 5.84. The summed E-state index contributed by atoms with van der Waals surface area (Å²) in [5.41, 5.74) is 1.70. The lowest BCUT2D eigenvalue weighted by Gasteiger charge is -2.12. The Hall–Kier alpha value is -2.40. The van der Waals surface area contributed by atoms with E-state index in [1.54, 1.807) is 36.4 Å². The van der Waals surface area contributed by atoms with Crippen molar-refractivity contribution in [3.05, 3.63) is 80.9 Å². The molecule has 106 valence electrons. The van der Waals surface area contributed by atoms with E-state index in [0.717, 1.165) is 0 Å². The zero-order valence-electron chi connectivity index (χ0n) is 10.8. The molecule has 1 aliphatic rings. The average molecular weight is 303 g/mol. The second-order valence-corrected chi connectivity index (χ2v) is 5.09. The van der Waals surface area contributed by atoms with Gasteiger partial charge in [0.25, 0.3) is 0 Å². The molecule has 0 amide bonds. The van der Waals surface area contributed by atoms with Gasteiger partial charge in [-0.3, -0.25) is 10.1 Å². The molecule has 0 bridgehead atoms. The first-order chi connectivity index (χ1) is 10.2. The van der Waals surface area contributed by atoms with Gasteiger partial charge < -0.3 is 4.84 Å². The Morgan fingerprint density at radius 1 is 1.10 bits per heavy atom. The summed E-state index contributed by atoms with van der Waals surface area (Å²) in [6, 6.07) is 14.8. The van der Waals surface area contributed by atoms with Crippen molar-refractivity contribution in [1.82, 2.24) is 0 Å². The number of hydrogen-bond donors (Lipinski definition) is 0. The fourth-order valence-corrected chi connectivity index (χ4v) is 2.43. The van der Waals surface area contributed by atoms with Gasteiger partial charge in [0.05, 0.1) is 0 Å². The van der Waals surface area contributed by atoms with Crippen LogP contribution in [-0.2, 0) is 4.84 Å². The molecule has 1 heterocycles. The fourth-order valence-electron chi connectivity index (χ4n) is 2.31. The molecule has 0 saturated heterocycles. The zero-order valence-corrected chi connectivity index (χ0v) is 11.6. The highest BCUT2D eigenvalue weighted by molar-refractivity contribution is 6.30. The van der Waals surface area contributed by atoms with Gasteiger partial charge in [0.2, 0.25) is 6.10 Å². The third-order valence-corrected chi connectivity index (χ3v) is 3.58. The van der Waals surface area contributed by atoms with Crippen LogP contribution in [0.2, 0.25) is 5.02 Å². The molecule has 0 spiro atoms. The van der Waals surface area contributed by atoms with Crippen molar-refractivity contribution < 1.29 is 9.76 Å². The Morgan fingerprint density at radius 2 is 1.76 bits per heavy atom. The monoisotopic (exact) mass is 302 g/mol. The van der Waals surface area contributed by atoms with Crippen molar-refractivity contribution in [2.24, 2.45) is 5.16 Å². The lowest BCUT2D eigenvalue weighted by Crippen LogP contribution is -2.32. The molecule has 2 aromatic carbocycles. The van der Waals surface area contributed by atoms with Gasteiger partial charge in [-0.25, -0.2) is 0 Å². The molecule has 6 heteroatoms. The van der Waals surface area contributed by atoms with Gasteiger partial charge >= 0.3 is 6.04 Å². The van der Waals surface area contributed by atoms with Crippen LogP contribution >= 0.6 is 11.6 Å². The average Bonchev–Trinajstić information content (AvgIpc) is 2.94. The first kappa shape index (κ1) is 13.6. The fraction of sp³-hybridized carbons (Fsp3) is 0.133. The van der Waals surface area contributed by atoms with Gasteiger partial charge in [0, 0.05) is 21.1 Å². The quantitative estimate of drug-likeness (QED) is 0.644. The topological polar surface area (TPSA) is 64.7 Å². The highest BCUT2D eigenvalue weighted by Crippen LogP contribution is 2.32. The van der Waals surface area contributed by atoms with Crippen molar-refractivity contribution in [1.29, 1.82) is 0 Å². The molecule has 0 aliphatic carbocycles. The van der Waals surface area contributed by atoms with Gasteiger partial charge in [0.1, 0.15) is 0 Å². The number of benzene rings is 2. The Bertz CT molecular complexity index is 686. The first-order valence-corrected chi connectivity index (χ1v) is 6.72.